The Kier molecular flexibility index (Phi) is 7.53. The quantitative estimate of drug-likeness (QED) is 0.362. The van der Waals surface area contributed by atoms with E-state index in [4.69, 9.17) is 4.99 Å². The SMILES string of the molecule is C=C(C(C)C)N1C=C(c2csc3ccccc23)N=C(NCCc2ccc(O)cc2)/C1=C/CCC. The van der Waals surface area contributed by atoms with E-state index in [0.29, 0.717) is 11.7 Å². The number of thiophene rings is 1. The summed E-state index contributed by atoms with van der Waals surface area (Å²) in [4.78, 5) is 7.35. The summed E-state index contributed by atoms with van der Waals surface area (Å²) in [5.74, 6) is 1.47. The van der Waals surface area contributed by atoms with Crippen LogP contribution in [0.3, 0.4) is 0 Å². The average molecular weight is 472 g/mol. The fourth-order valence-electron chi connectivity index (χ4n) is 3.93. The van der Waals surface area contributed by atoms with Crippen molar-refractivity contribution in [2.75, 3.05) is 6.54 Å². The molecule has 1 aliphatic heterocycles. The summed E-state index contributed by atoms with van der Waals surface area (Å²) < 4.78 is 1.26. The average Bonchev–Trinajstić information content (AvgIpc) is 3.27. The molecule has 1 aromatic heterocycles. The number of unbranched alkanes of at least 4 members (excludes halogenated alkanes) is 1. The van der Waals surface area contributed by atoms with Gasteiger partial charge in [0.05, 0.1) is 11.4 Å². The third kappa shape index (κ3) is 5.26. The number of allylic oxidation sites excluding steroid dienone is 2. The standard InChI is InChI=1S/C29H33N3OS/c1-5-6-10-27-29(30-17-16-22-12-14-23(33)15-13-22)31-26(18-32(27)21(4)20(2)3)25-19-34-28-11-8-7-9-24(25)28/h7-15,18-20,33H,4-6,16-17H2,1-3H3,(H,30,31)/b27-10-. The van der Waals surface area contributed by atoms with Gasteiger partial charge in [0.15, 0.2) is 5.84 Å². The van der Waals surface area contributed by atoms with Gasteiger partial charge in [-0.1, -0.05) is 70.2 Å². The highest BCUT2D eigenvalue weighted by Gasteiger charge is 2.25. The molecule has 0 saturated heterocycles. The second-order valence-corrected chi connectivity index (χ2v) is 9.77. The molecule has 2 aromatic carbocycles. The lowest BCUT2D eigenvalue weighted by atomic mass is 10.1. The first-order valence-corrected chi connectivity index (χ1v) is 12.8. The summed E-state index contributed by atoms with van der Waals surface area (Å²) >= 11 is 1.75. The molecular weight excluding hydrogens is 438 g/mol. The van der Waals surface area contributed by atoms with Gasteiger partial charge in [-0.25, -0.2) is 4.99 Å². The minimum Gasteiger partial charge on any atom is -0.508 e. The van der Waals surface area contributed by atoms with Crippen LogP contribution in [-0.4, -0.2) is 22.4 Å². The van der Waals surface area contributed by atoms with Gasteiger partial charge in [0, 0.05) is 39.5 Å². The molecule has 0 atom stereocenters. The van der Waals surface area contributed by atoms with Crippen LogP contribution in [0.25, 0.3) is 15.8 Å². The summed E-state index contributed by atoms with van der Waals surface area (Å²) in [6.07, 6.45) is 7.28. The van der Waals surface area contributed by atoms with Crippen molar-refractivity contribution in [3.05, 3.63) is 95.3 Å². The van der Waals surface area contributed by atoms with Gasteiger partial charge in [-0.2, -0.15) is 0 Å². The molecule has 2 N–H and O–H groups in total. The largest absolute Gasteiger partial charge is 0.508 e. The molecule has 3 aromatic rings. The van der Waals surface area contributed by atoms with Crippen LogP contribution in [0.1, 0.15) is 44.7 Å². The van der Waals surface area contributed by atoms with Crippen molar-refractivity contribution >= 4 is 33.0 Å². The van der Waals surface area contributed by atoms with Gasteiger partial charge in [-0.3, -0.25) is 0 Å². The van der Waals surface area contributed by atoms with Gasteiger partial charge in [-0.05, 0) is 42.5 Å². The lowest BCUT2D eigenvalue weighted by Gasteiger charge is -2.33. The molecule has 2 heterocycles. The van der Waals surface area contributed by atoms with E-state index >= 15 is 0 Å². The Balaban J connectivity index is 1.70. The highest BCUT2D eigenvalue weighted by atomic mass is 32.1. The Bertz CT molecular complexity index is 1250. The first-order valence-electron chi connectivity index (χ1n) is 12.0. The van der Waals surface area contributed by atoms with Crippen LogP contribution in [0.4, 0.5) is 0 Å². The number of aromatic hydroxyl groups is 1. The molecule has 5 heteroatoms. The van der Waals surface area contributed by atoms with E-state index in [0.717, 1.165) is 54.3 Å². The predicted octanol–water partition coefficient (Wildman–Crippen LogP) is 7.31. The third-order valence-corrected chi connectivity index (χ3v) is 6.95. The number of hydrogen-bond acceptors (Lipinski definition) is 5. The zero-order valence-corrected chi connectivity index (χ0v) is 21.0. The summed E-state index contributed by atoms with van der Waals surface area (Å²) in [7, 11) is 0. The van der Waals surface area contributed by atoms with Gasteiger partial charge < -0.3 is 15.3 Å². The second kappa shape index (κ2) is 10.7. The van der Waals surface area contributed by atoms with E-state index in [1.54, 1.807) is 23.5 Å². The van der Waals surface area contributed by atoms with Gasteiger partial charge in [-0.15, -0.1) is 11.3 Å². The molecule has 0 bridgehead atoms. The maximum atomic E-state index is 9.56. The fraction of sp³-hybridized carbons (Fsp3) is 0.276. The minimum atomic E-state index is 0.291. The van der Waals surface area contributed by atoms with Crippen LogP contribution in [0.2, 0.25) is 0 Å². The molecule has 0 amide bonds. The molecule has 1 aliphatic rings. The number of fused-ring (bicyclic) bond motifs is 1. The Morgan fingerprint density at radius 2 is 1.94 bits per heavy atom. The molecule has 34 heavy (non-hydrogen) atoms. The van der Waals surface area contributed by atoms with Crippen LogP contribution < -0.4 is 5.32 Å². The zero-order valence-electron chi connectivity index (χ0n) is 20.2. The van der Waals surface area contributed by atoms with Gasteiger partial charge >= 0.3 is 0 Å². The fourth-order valence-corrected chi connectivity index (χ4v) is 4.88. The topological polar surface area (TPSA) is 47.9 Å². The monoisotopic (exact) mass is 471 g/mol. The van der Waals surface area contributed by atoms with Crippen molar-refractivity contribution in [1.82, 2.24) is 10.2 Å². The van der Waals surface area contributed by atoms with Crippen molar-refractivity contribution in [2.24, 2.45) is 10.9 Å². The molecule has 0 aliphatic carbocycles. The van der Waals surface area contributed by atoms with Gasteiger partial charge in [0.1, 0.15) is 5.75 Å². The van der Waals surface area contributed by atoms with E-state index in [1.807, 2.05) is 12.1 Å². The zero-order chi connectivity index (χ0) is 24.1. The van der Waals surface area contributed by atoms with Crippen LogP contribution in [0, 0.1) is 5.92 Å². The van der Waals surface area contributed by atoms with Crippen molar-refractivity contribution < 1.29 is 5.11 Å². The number of phenolic OH excluding ortho intramolecular Hbond substituents is 1. The van der Waals surface area contributed by atoms with E-state index < -0.39 is 0 Å². The molecular formula is C29H33N3OS. The lowest BCUT2D eigenvalue weighted by Crippen LogP contribution is -2.36. The predicted molar refractivity (Wildman–Crippen MR) is 146 cm³/mol. The Morgan fingerprint density at radius 1 is 1.18 bits per heavy atom. The smallest absolute Gasteiger partial charge is 0.150 e. The number of aliphatic imine (C=N–C) groups is 1. The third-order valence-electron chi connectivity index (χ3n) is 5.99. The van der Waals surface area contributed by atoms with E-state index in [2.05, 4.69) is 79.5 Å². The Morgan fingerprint density at radius 3 is 2.68 bits per heavy atom. The number of amidine groups is 1. The van der Waals surface area contributed by atoms with Crippen LogP contribution in [-0.2, 0) is 6.42 Å². The molecule has 0 unspecified atom stereocenters. The first-order chi connectivity index (χ1) is 16.5. The lowest BCUT2D eigenvalue weighted by molar-refractivity contribution is 0.475. The number of nitrogens with one attached hydrogen (secondary N) is 1. The number of benzene rings is 2. The van der Waals surface area contributed by atoms with Crippen molar-refractivity contribution in [3.63, 3.8) is 0 Å². The molecule has 4 rings (SSSR count). The normalized spacial score (nSPS) is 15.1. The maximum absolute atomic E-state index is 9.56. The molecule has 0 radical (unpaired) electrons. The molecule has 0 fully saturated rings. The highest BCUT2D eigenvalue weighted by Crippen LogP contribution is 2.36. The molecule has 4 nitrogen and oxygen atoms in total. The first kappa shape index (κ1) is 23.8. The molecule has 0 spiro atoms. The van der Waals surface area contributed by atoms with Crippen LogP contribution >= 0.6 is 11.3 Å². The second-order valence-electron chi connectivity index (χ2n) is 8.86. The maximum Gasteiger partial charge on any atom is 0.150 e. The van der Waals surface area contributed by atoms with Crippen molar-refractivity contribution in [3.8, 4) is 5.75 Å². The molecule has 0 saturated carbocycles. The minimum absolute atomic E-state index is 0.291. The van der Waals surface area contributed by atoms with Gasteiger partial charge in [0.25, 0.3) is 0 Å². The number of nitrogens with zero attached hydrogens (tertiary/aromatic N) is 2. The van der Waals surface area contributed by atoms with Gasteiger partial charge in [0.2, 0.25) is 0 Å². The Labute approximate surface area is 206 Å². The summed E-state index contributed by atoms with van der Waals surface area (Å²) in [6, 6.07) is 15.9. The van der Waals surface area contributed by atoms with Crippen LogP contribution in [0.5, 0.6) is 5.75 Å². The summed E-state index contributed by atoms with van der Waals surface area (Å²) in [5.41, 5.74) is 5.38. The highest BCUT2D eigenvalue weighted by molar-refractivity contribution is 7.17. The van der Waals surface area contributed by atoms with Crippen molar-refractivity contribution in [2.45, 2.75) is 40.0 Å². The Hall–Kier alpha value is -3.31. The number of hydrogen-bond donors (Lipinski definition) is 2. The summed E-state index contributed by atoms with van der Waals surface area (Å²) in [5, 5.41) is 16.6. The van der Waals surface area contributed by atoms with E-state index in [-0.39, 0.29) is 0 Å². The van der Waals surface area contributed by atoms with E-state index in [1.165, 1.54) is 15.6 Å². The number of rotatable bonds is 8. The van der Waals surface area contributed by atoms with E-state index in [9.17, 15) is 5.11 Å². The van der Waals surface area contributed by atoms with Crippen LogP contribution in [0.15, 0.2) is 89.2 Å². The number of phenols is 1. The van der Waals surface area contributed by atoms with Crippen molar-refractivity contribution in [1.29, 1.82) is 0 Å². The molecule has 176 valence electrons. The summed E-state index contributed by atoms with van der Waals surface area (Å²) in [6.45, 7) is 11.7.